The molecule has 0 bridgehead atoms. The molecular formula is C28H40ClNO3S. The summed E-state index contributed by atoms with van der Waals surface area (Å²) in [7, 11) is -2.90. The number of piperidine rings is 1. The first-order valence-electron chi connectivity index (χ1n) is 12.7. The van der Waals surface area contributed by atoms with Crippen molar-refractivity contribution in [3.8, 4) is 0 Å². The fraction of sp³-hybridized carbons (Fsp3) is 0.571. The van der Waals surface area contributed by atoms with Gasteiger partial charge < -0.3 is 10.0 Å². The largest absolute Gasteiger partial charge is 0.385 e. The van der Waals surface area contributed by atoms with Crippen LogP contribution in [0.15, 0.2) is 42.5 Å². The van der Waals surface area contributed by atoms with Crippen LogP contribution in [-0.2, 0) is 21.9 Å². The zero-order chi connectivity index (χ0) is 24.8. The van der Waals surface area contributed by atoms with E-state index >= 15 is 0 Å². The minimum Gasteiger partial charge on any atom is -0.385 e. The van der Waals surface area contributed by atoms with Crippen molar-refractivity contribution in [2.45, 2.75) is 83.0 Å². The molecule has 0 amide bonds. The molecule has 0 saturated carbocycles. The molecule has 1 heterocycles. The Morgan fingerprint density at radius 1 is 0.971 bits per heavy atom. The number of aryl methyl sites for hydroxylation is 2. The molecule has 0 aromatic heterocycles. The highest BCUT2D eigenvalue weighted by atomic mass is 35.5. The van der Waals surface area contributed by atoms with E-state index in [2.05, 4.69) is 30.0 Å². The number of rotatable bonds is 11. The smallest absolute Gasteiger partial charge is 0.152 e. The van der Waals surface area contributed by atoms with Crippen molar-refractivity contribution in [2.75, 3.05) is 23.7 Å². The van der Waals surface area contributed by atoms with Gasteiger partial charge in [-0.05, 0) is 87.8 Å². The van der Waals surface area contributed by atoms with Gasteiger partial charge in [0, 0.05) is 23.8 Å². The maximum Gasteiger partial charge on any atom is 0.152 e. The number of hydrogen-bond donors (Lipinski definition) is 1. The number of nitrogens with zero attached hydrogens (tertiary/aromatic N) is 1. The van der Waals surface area contributed by atoms with Gasteiger partial charge in [-0.3, -0.25) is 0 Å². The van der Waals surface area contributed by atoms with Crippen LogP contribution < -0.4 is 4.90 Å². The lowest BCUT2D eigenvalue weighted by atomic mass is 9.84. The van der Waals surface area contributed by atoms with Gasteiger partial charge in [0.25, 0.3) is 0 Å². The highest BCUT2D eigenvalue weighted by Gasteiger charge is 2.34. The van der Waals surface area contributed by atoms with E-state index in [1.807, 2.05) is 24.3 Å². The van der Waals surface area contributed by atoms with Gasteiger partial charge in [0.1, 0.15) is 0 Å². The number of hydrogen-bond acceptors (Lipinski definition) is 4. The topological polar surface area (TPSA) is 57.6 Å². The number of halogens is 1. The van der Waals surface area contributed by atoms with Crippen molar-refractivity contribution in [3.05, 3.63) is 64.2 Å². The van der Waals surface area contributed by atoms with Gasteiger partial charge in [-0.15, -0.1) is 0 Å². The fourth-order valence-electron chi connectivity index (χ4n) is 4.79. The van der Waals surface area contributed by atoms with E-state index in [0.717, 1.165) is 57.2 Å². The highest BCUT2D eigenvalue weighted by Crippen LogP contribution is 2.36. The summed E-state index contributed by atoms with van der Waals surface area (Å²) in [6.45, 7) is 7.34. The first-order chi connectivity index (χ1) is 16.1. The molecule has 0 atom stereocenters. The summed E-state index contributed by atoms with van der Waals surface area (Å²) in [6, 6.07) is 14.3. The molecule has 6 heteroatoms. The standard InChI is InChI=1S/C28H40ClNO3S/c1-22(2)34(32,33)20-8-6-4-5-7-9-24-10-15-27(23(3)21-24)30-18-16-28(31,17-19-30)25-11-13-26(29)14-12-25/h10-15,21-22,31H,4-9,16-20H2,1-3H3. The third-order valence-corrected chi connectivity index (χ3v) is 9.73. The molecule has 0 spiro atoms. The highest BCUT2D eigenvalue weighted by molar-refractivity contribution is 7.91. The van der Waals surface area contributed by atoms with Crippen LogP contribution >= 0.6 is 11.6 Å². The molecular weight excluding hydrogens is 466 g/mol. The second kappa shape index (κ2) is 11.9. The minimum absolute atomic E-state index is 0.265. The third-order valence-electron chi connectivity index (χ3n) is 7.19. The van der Waals surface area contributed by atoms with E-state index in [1.54, 1.807) is 13.8 Å². The molecule has 188 valence electrons. The van der Waals surface area contributed by atoms with Crippen LogP contribution in [-0.4, -0.2) is 37.6 Å². The Bertz CT molecular complexity index is 1030. The molecule has 1 aliphatic heterocycles. The average molecular weight is 506 g/mol. The molecule has 0 aliphatic carbocycles. The van der Waals surface area contributed by atoms with E-state index in [-0.39, 0.29) is 5.25 Å². The van der Waals surface area contributed by atoms with E-state index < -0.39 is 15.4 Å². The van der Waals surface area contributed by atoms with Gasteiger partial charge in [-0.1, -0.05) is 55.1 Å². The van der Waals surface area contributed by atoms with Crippen LogP contribution in [0.1, 0.15) is 75.5 Å². The first kappa shape index (κ1) is 27.0. The SMILES string of the molecule is Cc1cc(CCCCCCCS(=O)(=O)C(C)C)ccc1N1CCC(O)(c2ccc(Cl)cc2)CC1. The van der Waals surface area contributed by atoms with E-state index in [9.17, 15) is 13.5 Å². The van der Waals surface area contributed by atoms with Crippen molar-refractivity contribution < 1.29 is 13.5 Å². The Kier molecular flexibility index (Phi) is 9.48. The van der Waals surface area contributed by atoms with E-state index in [4.69, 9.17) is 11.6 Å². The lowest BCUT2D eigenvalue weighted by Gasteiger charge is -2.40. The average Bonchev–Trinajstić information content (AvgIpc) is 2.79. The molecule has 3 rings (SSSR count). The summed E-state index contributed by atoms with van der Waals surface area (Å²) < 4.78 is 23.7. The van der Waals surface area contributed by atoms with Crippen LogP contribution in [0.4, 0.5) is 5.69 Å². The Morgan fingerprint density at radius 2 is 1.59 bits per heavy atom. The second-order valence-corrected chi connectivity index (χ2v) is 13.2. The molecule has 0 unspecified atom stereocenters. The molecule has 4 nitrogen and oxygen atoms in total. The second-order valence-electron chi connectivity index (χ2n) is 10.1. The summed E-state index contributed by atoms with van der Waals surface area (Å²) in [6.07, 6.45) is 7.59. The molecule has 1 aliphatic rings. The Balaban J connectivity index is 1.42. The summed E-state index contributed by atoms with van der Waals surface area (Å²) in [5.41, 5.74) is 4.07. The number of anilines is 1. The van der Waals surface area contributed by atoms with Crippen LogP contribution in [0.5, 0.6) is 0 Å². The van der Waals surface area contributed by atoms with Crippen LogP contribution in [0.3, 0.4) is 0 Å². The van der Waals surface area contributed by atoms with Crippen LogP contribution in [0, 0.1) is 6.92 Å². The molecule has 2 aromatic rings. The molecule has 1 N–H and O–H groups in total. The quantitative estimate of drug-likeness (QED) is 0.356. The number of benzene rings is 2. The lowest BCUT2D eigenvalue weighted by Crippen LogP contribution is -2.42. The van der Waals surface area contributed by atoms with Gasteiger partial charge in [0.2, 0.25) is 0 Å². The molecule has 1 saturated heterocycles. The number of aliphatic hydroxyl groups is 1. The summed E-state index contributed by atoms with van der Waals surface area (Å²) >= 11 is 6.00. The Morgan fingerprint density at radius 3 is 2.21 bits per heavy atom. The van der Waals surface area contributed by atoms with Gasteiger partial charge in [0.15, 0.2) is 9.84 Å². The van der Waals surface area contributed by atoms with Crippen LogP contribution in [0.25, 0.3) is 0 Å². The maximum absolute atomic E-state index is 11.9. The van der Waals surface area contributed by atoms with E-state index in [0.29, 0.717) is 23.6 Å². The Labute approximate surface area is 211 Å². The number of unbranched alkanes of at least 4 members (excludes halogenated alkanes) is 4. The first-order valence-corrected chi connectivity index (χ1v) is 14.7. The predicted octanol–water partition coefficient (Wildman–Crippen LogP) is 6.45. The van der Waals surface area contributed by atoms with Gasteiger partial charge in [-0.2, -0.15) is 0 Å². The normalized spacial score (nSPS) is 16.2. The third kappa shape index (κ3) is 7.22. The lowest BCUT2D eigenvalue weighted by molar-refractivity contribution is 0.0117. The monoisotopic (exact) mass is 505 g/mol. The number of sulfone groups is 1. The zero-order valence-electron chi connectivity index (χ0n) is 20.9. The zero-order valence-corrected chi connectivity index (χ0v) is 22.5. The molecule has 34 heavy (non-hydrogen) atoms. The summed E-state index contributed by atoms with van der Waals surface area (Å²) in [5, 5.41) is 11.6. The van der Waals surface area contributed by atoms with Crippen molar-refractivity contribution >= 4 is 27.1 Å². The predicted molar refractivity (Wildman–Crippen MR) is 144 cm³/mol. The van der Waals surface area contributed by atoms with Crippen molar-refractivity contribution in [1.29, 1.82) is 0 Å². The molecule has 2 aromatic carbocycles. The van der Waals surface area contributed by atoms with Crippen molar-refractivity contribution in [1.82, 2.24) is 0 Å². The van der Waals surface area contributed by atoms with Gasteiger partial charge in [-0.25, -0.2) is 8.42 Å². The van der Waals surface area contributed by atoms with Crippen molar-refractivity contribution in [3.63, 3.8) is 0 Å². The molecule has 0 radical (unpaired) electrons. The van der Waals surface area contributed by atoms with E-state index in [1.165, 1.54) is 16.8 Å². The van der Waals surface area contributed by atoms with Gasteiger partial charge >= 0.3 is 0 Å². The Hall–Kier alpha value is -1.56. The van der Waals surface area contributed by atoms with Crippen molar-refractivity contribution in [2.24, 2.45) is 0 Å². The van der Waals surface area contributed by atoms with Crippen LogP contribution in [0.2, 0.25) is 5.02 Å². The maximum atomic E-state index is 11.9. The van der Waals surface area contributed by atoms with Gasteiger partial charge in [0.05, 0.1) is 16.6 Å². The fourth-order valence-corrected chi connectivity index (χ4v) is 6.00. The molecule has 1 fully saturated rings. The summed E-state index contributed by atoms with van der Waals surface area (Å²) in [5.74, 6) is 0.318. The summed E-state index contributed by atoms with van der Waals surface area (Å²) in [4.78, 5) is 2.38. The minimum atomic E-state index is -2.90.